The molecule has 2 aliphatic rings. The van der Waals surface area contributed by atoms with Crippen molar-refractivity contribution in [3.8, 4) is 0 Å². The van der Waals surface area contributed by atoms with Crippen LogP contribution in [0.15, 0.2) is 6.20 Å². The second-order valence-corrected chi connectivity index (χ2v) is 6.46. The predicted octanol–water partition coefficient (Wildman–Crippen LogP) is 1.12. The van der Waals surface area contributed by atoms with E-state index in [0.29, 0.717) is 17.9 Å². The molecule has 2 fully saturated rings. The highest BCUT2D eigenvalue weighted by Gasteiger charge is 2.32. The van der Waals surface area contributed by atoms with E-state index in [1.807, 2.05) is 16.7 Å². The van der Waals surface area contributed by atoms with Gasteiger partial charge in [0, 0.05) is 24.9 Å². The van der Waals surface area contributed by atoms with Gasteiger partial charge < -0.3 is 15.4 Å². The van der Waals surface area contributed by atoms with Crippen LogP contribution >= 0.6 is 11.8 Å². The summed E-state index contributed by atoms with van der Waals surface area (Å²) in [5, 5.41) is 6.57. The van der Waals surface area contributed by atoms with Gasteiger partial charge in [-0.25, -0.2) is 0 Å². The highest BCUT2D eigenvalue weighted by atomic mass is 32.2. The average molecular weight is 296 g/mol. The summed E-state index contributed by atoms with van der Waals surface area (Å²) in [5.74, 6) is 2.05. The van der Waals surface area contributed by atoms with Crippen molar-refractivity contribution in [3.63, 3.8) is 0 Å². The molecule has 3 heterocycles. The van der Waals surface area contributed by atoms with Crippen LogP contribution in [0.3, 0.4) is 0 Å². The molecule has 0 aliphatic carbocycles. The fourth-order valence-electron chi connectivity index (χ4n) is 2.78. The Morgan fingerprint density at radius 1 is 1.60 bits per heavy atom. The number of hydrogen-bond acceptors (Lipinski definition) is 5. The fourth-order valence-corrected chi connectivity index (χ4v) is 4.01. The van der Waals surface area contributed by atoms with E-state index in [1.165, 1.54) is 6.20 Å². The molecule has 7 heteroatoms. The van der Waals surface area contributed by atoms with Crippen LogP contribution in [0, 0.1) is 0 Å². The first-order valence-corrected chi connectivity index (χ1v) is 8.20. The van der Waals surface area contributed by atoms with Crippen LogP contribution in [-0.2, 0) is 4.74 Å². The Kier molecular flexibility index (Phi) is 4.16. The molecule has 2 saturated heterocycles. The third-order valence-electron chi connectivity index (χ3n) is 3.91. The van der Waals surface area contributed by atoms with Gasteiger partial charge in [0.15, 0.2) is 0 Å². The number of ether oxygens (including phenoxy) is 1. The molecule has 2 aliphatic heterocycles. The maximum absolute atomic E-state index is 12.7. The van der Waals surface area contributed by atoms with E-state index < -0.39 is 0 Å². The van der Waals surface area contributed by atoms with E-state index in [-0.39, 0.29) is 18.1 Å². The minimum atomic E-state index is -0.0528. The standard InChI is InChI=1S/C13H20N4O2S/c14-11-6-15-16-12(11)13(18)17(9-3-5-20-8-9)7-10-2-1-4-19-10/h6,9-10H,1-5,7-8,14H2,(H,15,16). The van der Waals surface area contributed by atoms with Gasteiger partial charge in [-0.1, -0.05) is 0 Å². The van der Waals surface area contributed by atoms with E-state index >= 15 is 0 Å². The first-order chi connectivity index (χ1) is 9.75. The molecule has 6 nitrogen and oxygen atoms in total. The lowest BCUT2D eigenvalue weighted by Gasteiger charge is -2.30. The number of carbonyl (C=O) groups is 1. The Hall–Kier alpha value is -1.21. The predicted molar refractivity (Wildman–Crippen MR) is 78.7 cm³/mol. The fraction of sp³-hybridized carbons (Fsp3) is 0.692. The van der Waals surface area contributed by atoms with Crippen molar-refractivity contribution in [1.29, 1.82) is 0 Å². The van der Waals surface area contributed by atoms with Crippen molar-refractivity contribution < 1.29 is 9.53 Å². The van der Waals surface area contributed by atoms with Crippen LogP contribution in [0.1, 0.15) is 29.8 Å². The van der Waals surface area contributed by atoms with Crippen molar-refractivity contribution in [2.75, 3.05) is 30.4 Å². The summed E-state index contributed by atoms with van der Waals surface area (Å²) in [6.45, 7) is 1.46. The molecule has 3 rings (SSSR count). The minimum Gasteiger partial charge on any atom is -0.396 e. The van der Waals surface area contributed by atoms with E-state index in [9.17, 15) is 4.79 Å². The number of thioether (sulfide) groups is 1. The van der Waals surface area contributed by atoms with Gasteiger partial charge in [0.1, 0.15) is 5.69 Å². The van der Waals surface area contributed by atoms with Crippen LogP contribution in [0.4, 0.5) is 5.69 Å². The molecule has 0 saturated carbocycles. The quantitative estimate of drug-likeness (QED) is 0.870. The van der Waals surface area contributed by atoms with Gasteiger partial charge >= 0.3 is 0 Å². The number of amides is 1. The second-order valence-electron chi connectivity index (χ2n) is 5.31. The van der Waals surface area contributed by atoms with Crippen molar-refractivity contribution in [2.24, 2.45) is 0 Å². The molecule has 110 valence electrons. The summed E-state index contributed by atoms with van der Waals surface area (Å²) >= 11 is 1.90. The van der Waals surface area contributed by atoms with Crippen LogP contribution in [0.25, 0.3) is 0 Å². The maximum Gasteiger partial charge on any atom is 0.274 e. The Balaban J connectivity index is 1.76. The molecule has 0 bridgehead atoms. The first kappa shape index (κ1) is 13.8. The zero-order valence-electron chi connectivity index (χ0n) is 11.4. The average Bonchev–Trinajstić information content (AvgIpc) is 3.17. The van der Waals surface area contributed by atoms with Crippen molar-refractivity contribution >= 4 is 23.4 Å². The highest BCUT2D eigenvalue weighted by molar-refractivity contribution is 7.99. The number of nitrogen functional groups attached to an aromatic ring is 1. The molecular weight excluding hydrogens is 276 g/mol. The number of H-pyrrole nitrogens is 1. The molecule has 3 N–H and O–H groups in total. The Morgan fingerprint density at radius 2 is 2.50 bits per heavy atom. The Labute approximate surface area is 122 Å². The van der Waals surface area contributed by atoms with Crippen LogP contribution in [-0.4, -0.2) is 57.8 Å². The van der Waals surface area contributed by atoms with Crippen LogP contribution in [0.5, 0.6) is 0 Å². The lowest BCUT2D eigenvalue weighted by Crippen LogP contribution is -2.45. The second kappa shape index (κ2) is 6.05. The molecule has 1 aromatic heterocycles. The van der Waals surface area contributed by atoms with Gasteiger partial charge in [-0.2, -0.15) is 16.9 Å². The SMILES string of the molecule is Nc1cn[nH]c1C(=O)N(CC1CCCO1)C1CCSC1. The molecule has 0 aromatic carbocycles. The van der Waals surface area contributed by atoms with Gasteiger partial charge in [-0.05, 0) is 25.0 Å². The Bertz CT molecular complexity index is 467. The van der Waals surface area contributed by atoms with Gasteiger partial charge in [0.2, 0.25) is 0 Å². The number of anilines is 1. The number of nitrogens with two attached hydrogens (primary N) is 1. The number of hydrogen-bond donors (Lipinski definition) is 2. The highest BCUT2D eigenvalue weighted by Crippen LogP contribution is 2.26. The normalized spacial score (nSPS) is 26.0. The number of aromatic nitrogens is 2. The van der Waals surface area contributed by atoms with Gasteiger partial charge in [-0.3, -0.25) is 9.89 Å². The number of nitrogens with zero attached hydrogens (tertiary/aromatic N) is 2. The third-order valence-corrected chi connectivity index (χ3v) is 5.06. The van der Waals surface area contributed by atoms with Crippen LogP contribution < -0.4 is 5.73 Å². The molecule has 20 heavy (non-hydrogen) atoms. The van der Waals surface area contributed by atoms with E-state index in [2.05, 4.69) is 10.2 Å². The molecule has 0 radical (unpaired) electrons. The zero-order chi connectivity index (χ0) is 13.9. The molecular formula is C13H20N4O2S. The number of rotatable bonds is 4. The topological polar surface area (TPSA) is 84.2 Å². The molecule has 2 atom stereocenters. The van der Waals surface area contributed by atoms with Crippen LogP contribution in [0.2, 0.25) is 0 Å². The molecule has 2 unspecified atom stereocenters. The van der Waals surface area contributed by atoms with Gasteiger partial charge in [-0.15, -0.1) is 0 Å². The minimum absolute atomic E-state index is 0.0528. The number of nitrogens with one attached hydrogen (secondary N) is 1. The summed E-state index contributed by atoms with van der Waals surface area (Å²) in [4.78, 5) is 14.6. The summed E-state index contributed by atoms with van der Waals surface area (Å²) in [6, 6.07) is 0.277. The molecule has 0 spiro atoms. The van der Waals surface area contributed by atoms with E-state index in [4.69, 9.17) is 10.5 Å². The summed E-state index contributed by atoms with van der Waals surface area (Å²) in [7, 11) is 0. The number of aromatic amines is 1. The number of carbonyl (C=O) groups excluding carboxylic acids is 1. The van der Waals surface area contributed by atoms with E-state index in [0.717, 1.165) is 37.4 Å². The third kappa shape index (κ3) is 2.78. The van der Waals surface area contributed by atoms with E-state index in [1.54, 1.807) is 0 Å². The zero-order valence-corrected chi connectivity index (χ0v) is 12.2. The monoisotopic (exact) mass is 296 g/mol. The smallest absolute Gasteiger partial charge is 0.274 e. The van der Waals surface area contributed by atoms with Gasteiger partial charge in [0.05, 0.1) is 18.0 Å². The van der Waals surface area contributed by atoms with Crippen molar-refractivity contribution in [3.05, 3.63) is 11.9 Å². The van der Waals surface area contributed by atoms with Crippen molar-refractivity contribution in [2.45, 2.75) is 31.4 Å². The maximum atomic E-state index is 12.7. The Morgan fingerprint density at radius 3 is 3.10 bits per heavy atom. The van der Waals surface area contributed by atoms with Crippen molar-refractivity contribution in [1.82, 2.24) is 15.1 Å². The summed E-state index contributed by atoms with van der Waals surface area (Å²) in [6.07, 6.45) is 4.80. The molecule has 1 aromatic rings. The summed E-state index contributed by atoms with van der Waals surface area (Å²) < 4.78 is 5.68. The summed E-state index contributed by atoms with van der Waals surface area (Å²) in [5.41, 5.74) is 6.63. The lowest BCUT2D eigenvalue weighted by atomic mass is 10.1. The largest absolute Gasteiger partial charge is 0.396 e. The van der Waals surface area contributed by atoms with Gasteiger partial charge in [0.25, 0.3) is 5.91 Å². The lowest BCUT2D eigenvalue weighted by molar-refractivity contribution is 0.0438. The molecule has 1 amide bonds. The first-order valence-electron chi connectivity index (χ1n) is 7.05.